The Kier molecular flexibility index (Phi) is 13.6. The molecule has 0 spiro atoms. The van der Waals surface area contributed by atoms with Crippen molar-refractivity contribution < 1.29 is 45.9 Å². The van der Waals surface area contributed by atoms with E-state index in [2.05, 4.69) is 21.3 Å². The zero-order valence-electron chi connectivity index (χ0n) is 34.2. The molecule has 1 aliphatic heterocycles. The molecule has 16 heteroatoms. The summed E-state index contributed by atoms with van der Waals surface area (Å²) in [6, 6.07) is 2.02. The van der Waals surface area contributed by atoms with Gasteiger partial charge in [-0.15, -0.1) is 0 Å². The summed E-state index contributed by atoms with van der Waals surface area (Å²) < 4.78 is 57.9. The summed E-state index contributed by atoms with van der Waals surface area (Å²) in [5.74, 6) is -3.19. The van der Waals surface area contributed by atoms with Gasteiger partial charge in [-0.3, -0.25) is 14.4 Å². The lowest BCUT2D eigenvalue weighted by molar-refractivity contribution is -0.144. The van der Waals surface area contributed by atoms with Crippen LogP contribution in [0.5, 0.6) is 0 Å². The predicted molar refractivity (Wildman–Crippen MR) is 208 cm³/mol. The number of methoxy groups -OCH3 is 1. The van der Waals surface area contributed by atoms with Crippen LogP contribution in [-0.4, -0.2) is 104 Å². The molecule has 1 aromatic carbocycles. The average Bonchev–Trinajstić information content (AvgIpc) is 3.39. The van der Waals surface area contributed by atoms with E-state index in [1.807, 2.05) is 13.8 Å². The van der Waals surface area contributed by atoms with Gasteiger partial charge in [0.1, 0.15) is 18.1 Å². The van der Waals surface area contributed by atoms with E-state index in [1.54, 1.807) is 65.8 Å². The molecule has 56 heavy (non-hydrogen) atoms. The molecule has 3 aliphatic rings. The van der Waals surface area contributed by atoms with Gasteiger partial charge in [0.15, 0.2) is 9.84 Å². The molecular weight excluding hydrogens is 749 g/mol. The number of fused-ring (bicyclic) bond motifs is 1. The van der Waals surface area contributed by atoms with Gasteiger partial charge in [0.2, 0.25) is 24.1 Å². The number of hydrogen-bond acceptors (Lipinski definition) is 8. The number of nitrogens with one attached hydrogen (secondary N) is 4. The Hall–Kier alpha value is -3.82. The highest BCUT2D eigenvalue weighted by Gasteiger charge is 2.70. The molecule has 5 atom stereocenters. The number of esters is 1. The molecule has 4 N–H and O–H groups in total. The largest absolute Gasteiger partial charge is 0.465 e. The number of piperidine rings is 1. The number of alkyl halides is 2. The fraction of sp³-hybridized carbons (Fsp3) is 0.725. The zero-order valence-corrected chi connectivity index (χ0v) is 35.0. The lowest BCUT2D eigenvalue weighted by Crippen LogP contribution is -2.64. The summed E-state index contributed by atoms with van der Waals surface area (Å²) in [4.78, 5) is 68.7. The molecule has 3 fully saturated rings. The number of nitrogens with zero attached hydrogens (tertiary/aromatic N) is 1. The van der Waals surface area contributed by atoms with Gasteiger partial charge in [-0.25, -0.2) is 26.8 Å². The number of likely N-dealkylation sites (tertiary alicyclic amines) is 1. The quantitative estimate of drug-likeness (QED) is 0.200. The van der Waals surface area contributed by atoms with Gasteiger partial charge in [0.25, 0.3) is 0 Å². The minimum Gasteiger partial charge on any atom is -0.465 e. The maximum Gasteiger partial charge on any atom is 0.337 e. The van der Waals surface area contributed by atoms with Crippen LogP contribution < -0.4 is 21.3 Å². The van der Waals surface area contributed by atoms with Crippen LogP contribution in [0.1, 0.15) is 110 Å². The third-order valence-electron chi connectivity index (χ3n) is 11.9. The fourth-order valence-corrected chi connectivity index (χ4v) is 9.72. The number of amides is 5. The molecule has 2 saturated carbocycles. The summed E-state index contributed by atoms with van der Waals surface area (Å²) in [5.41, 5.74) is -1.08. The lowest BCUT2D eigenvalue weighted by Gasteiger charge is -2.41. The highest BCUT2D eigenvalue weighted by atomic mass is 32.2. The van der Waals surface area contributed by atoms with Crippen molar-refractivity contribution in [3.8, 4) is 0 Å². The molecule has 1 aromatic rings. The second-order valence-corrected chi connectivity index (χ2v) is 21.2. The Morgan fingerprint density at radius 3 is 2.09 bits per heavy atom. The van der Waals surface area contributed by atoms with Crippen LogP contribution >= 0.6 is 0 Å². The van der Waals surface area contributed by atoms with Crippen LogP contribution in [0, 0.1) is 22.7 Å². The van der Waals surface area contributed by atoms with Crippen molar-refractivity contribution in [2.24, 2.45) is 22.7 Å². The van der Waals surface area contributed by atoms with Crippen molar-refractivity contribution in [2.45, 2.75) is 135 Å². The van der Waals surface area contributed by atoms with Crippen molar-refractivity contribution in [2.75, 3.05) is 26.0 Å². The number of hydrogen-bond donors (Lipinski definition) is 4. The van der Waals surface area contributed by atoms with Crippen molar-refractivity contribution in [3.63, 3.8) is 0 Å². The standard InChI is InChI=1S/C40H61F2N5O8S/c1-37(2,3)31(45-36(52)46-40(18-11-10-12-19-40)23-56(53,54)38(4,5)6)34(50)47-22-26-29(39(26,7)8)30(47)33(49)44-27(21-28(41)42)32(48)43-20-17-24-13-15-25(16-14-24)35(51)55-9/h13-16,26-31H,10-12,17-23H2,1-9H3,(H,43,48)(H,44,49)(H2,45,46,52)/t26?,27-,29?,30-,31+/m0/s1. The number of rotatable bonds is 14. The zero-order chi connectivity index (χ0) is 42.0. The lowest BCUT2D eigenvalue weighted by atomic mass is 9.83. The smallest absolute Gasteiger partial charge is 0.337 e. The second kappa shape index (κ2) is 17.0. The van der Waals surface area contributed by atoms with Crippen LogP contribution in [0.25, 0.3) is 0 Å². The Bertz CT molecular complexity index is 1730. The summed E-state index contributed by atoms with van der Waals surface area (Å²) in [6.45, 7) is 14.4. The normalized spacial score (nSPS) is 22.6. The molecule has 2 unspecified atom stereocenters. The molecular formula is C40H61F2N5O8S. The number of carbonyl (C=O) groups excluding carboxylic acids is 5. The SMILES string of the molecule is COC(=O)c1ccc(CCNC(=O)[C@H](CC(F)F)NC(=O)[C@@H]2C3C(CN2C(=O)[C@@H](NC(=O)NC2(CS(=O)(=O)C(C)(C)C)CCCCC2)C(C)(C)C)C3(C)C)cc1. The first-order valence-electron chi connectivity index (χ1n) is 19.5. The van der Waals surface area contributed by atoms with Crippen molar-refractivity contribution in [1.82, 2.24) is 26.2 Å². The van der Waals surface area contributed by atoms with E-state index in [0.29, 0.717) is 24.8 Å². The summed E-state index contributed by atoms with van der Waals surface area (Å²) in [5, 5.41) is 10.9. The highest BCUT2D eigenvalue weighted by Crippen LogP contribution is 2.65. The van der Waals surface area contributed by atoms with Crippen molar-refractivity contribution in [1.29, 1.82) is 0 Å². The van der Waals surface area contributed by atoms with E-state index in [4.69, 9.17) is 4.74 Å². The Morgan fingerprint density at radius 2 is 1.55 bits per heavy atom. The van der Waals surface area contributed by atoms with Crippen molar-refractivity contribution >= 4 is 39.6 Å². The highest BCUT2D eigenvalue weighted by molar-refractivity contribution is 7.92. The average molecular weight is 810 g/mol. The maximum absolute atomic E-state index is 14.5. The second-order valence-electron chi connectivity index (χ2n) is 18.4. The van der Waals surface area contributed by atoms with Gasteiger partial charge in [0, 0.05) is 19.5 Å². The van der Waals surface area contributed by atoms with Gasteiger partial charge in [-0.2, -0.15) is 0 Å². The van der Waals surface area contributed by atoms with E-state index in [-0.39, 0.29) is 36.1 Å². The molecule has 1 saturated heterocycles. The molecule has 2 aliphatic carbocycles. The van der Waals surface area contributed by atoms with Gasteiger partial charge in [-0.1, -0.05) is 66.0 Å². The fourth-order valence-electron chi connectivity index (χ4n) is 8.20. The molecule has 0 bridgehead atoms. The van der Waals surface area contributed by atoms with E-state index in [1.165, 1.54) is 12.0 Å². The Labute approximate surface area is 330 Å². The monoisotopic (exact) mass is 809 g/mol. The number of carbonyl (C=O) groups is 5. The van der Waals surface area contributed by atoms with Crippen LogP contribution in [0.3, 0.4) is 0 Å². The summed E-state index contributed by atoms with van der Waals surface area (Å²) >= 11 is 0. The predicted octanol–water partition coefficient (Wildman–Crippen LogP) is 4.39. The minimum atomic E-state index is -3.62. The van der Waals surface area contributed by atoms with E-state index >= 15 is 0 Å². The molecule has 314 valence electrons. The van der Waals surface area contributed by atoms with Gasteiger partial charge < -0.3 is 30.9 Å². The number of benzene rings is 1. The molecule has 13 nitrogen and oxygen atoms in total. The van der Waals surface area contributed by atoms with Crippen LogP contribution in [0.4, 0.5) is 13.6 Å². The van der Waals surface area contributed by atoms with Crippen LogP contribution in [0.15, 0.2) is 24.3 Å². The van der Waals surface area contributed by atoms with Gasteiger partial charge in [0.05, 0.1) is 28.7 Å². The van der Waals surface area contributed by atoms with Crippen LogP contribution in [-0.2, 0) is 35.4 Å². The molecule has 4 rings (SSSR count). The van der Waals surface area contributed by atoms with Gasteiger partial charge >= 0.3 is 12.0 Å². The van der Waals surface area contributed by atoms with E-state index < -0.39 is 86.2 Å². The summed E-state index contributed by atoms with van der Waals surface area (Å²) in [7, 11) is -2.34. The third kappa shape index (κ3) is 10.4. The van der Waals surface area contributed by atoms with E-state index in [9.17, 15) is 41.2 Å². The molecule has 0 radical (unpaired) electrons. The Balaban J connectivity index is 1.49. The van der Waals surface area contributed by atoms with Gasteiger partial charge in [-0.05, 0) is 80.4 Å². The van der Waals surface area contributed by atoms with Crippen LogP contribution in [0.2, 0.25) is 0 Å². The number of sulfone groups is 1. The Morgan fingerprint density at radius 1 is 0.946 bits per heavy atom. The number of ether oxygens (including phenoxy) is 1. The maximum atomic E-state index is 14.5. The first kappa shape index (κ1) is 44.9. The molecule has 5 amide bonds. The number of halogens is 2. The van der Waals surface area contributed by atoms with Crippen molar-refractivity contribution in [3.05, 3.63) is 35.4 Å². The molecule has 1 heterocycles. The summed E-state index contributed by atoms with van der Waals surface area (Å²) in [6.07, 6.45) is -0.210. The molecule has 0 aromatic heterocycles. The minimum absolute atomic E-state index is 0.0716. The third-order valence-corrected chi connectivity index (χ3v) is 14.7. The number of urea groups is 1. The topological polar surface area (TPSA) is 180 Å². The van der Waals surface area contributed by atoms with E-state index in [0.717, 1.165) is 24.8 Å². The first-order chi connectivity index (χ1) is 25.8. The first-order valence-corrected chi connectivity index (χ1v) is 21.1.